The van der Waals surface area contributed by atoms with Crippen molar-refractivity contribution in [2.24, 2.45) is 11.7 Å². The SMILES string of the molecule is C[C@H](CC(=O)[C@H](C)NC(=O)[C@@H]1CCCN1c1ncc(C=O)s1)C(=O)N[C@@H](Cc1ccc(O)cc1)C(N)=O. The summed E-state index contributed by atoms with van der Waals surface area (Å²) in [6.07, 6.45) is 3.55. The van der Waals surface area contributed by atoms with Crippen molar-refractivity contribution in [1.82, 2.24) is 15.6 Å². The second kappa shape index (κ2) is 12.4. The topological polar surface area (TPSA) is 172 Å². The molecule has 0 aliphatic carbocycles. The highest BCUT2D eigenvalue weighted by Gasteiger charge is 2.34. The molecule has 3 rings (SSSR count). The van der Waals surface area contributed by atoms with Crippen LogP contribution >= 0.6 is 11.3 Å². The van der Waals surface area contributed by atoms with E-state index in [2.05, 4.69) is 15.6 Å². The van der Waals surface area contributed by atoms with Crippen molar-refractivity contribution in [3.63, 3.8) is 0 Å². The second-order valence-electron chi connectivity index (χ2n) is 9.15. The van der Waals surface area contributed by atoms with Crippen LogP contribution in [0.1, 0.15) is 48.3 Å². The molecule has 0 bridgehead atoms. The number of amides is 3. The predicted octanol–water partition coefficient (Wildman–Crippen LogP) is 0.943. The molecule has 0 saturated carbocycles. The summed E-state index contributed by atoms with van der Waals surface area (Å²) in [4.78, 5) is 67.7. The molecule has 1 aromatic heterocycles. The minimum Gasteiger partial charge on any atom is -0.508 e. The third-order valence-corrected chi connectivity index (χ3v) is 7.22. The first-order chi connectivity index (χ1) is 17.6. The molecule has 11 nitrogen and oxygen atoms in total. The third-order valence-electron chi connectivity index (χ3n) is 6.26. The van der Waals surface area contributed by atoms with Crippen molar-refractivity contribution >= 4 is 46.3 Å². The number of carbonyl (C=O) groups excluding carboxylic acids is 5. The Kier molecular flexibility index (Phi) is 9.34. The summed E-state index contributed by atoms with van der Waals surface area (Å²) < 4.78 is 0. The standard InChI is InChI=1S/C25H31N5O6S/c1-14(23(35)29-19(22(26)34)11-16-5-7-17(32)8-6-16)10-21(33)15(2)28-24(36)20-4-3-9-30(20)25-27-12-18(13-31)37-25/h5-8,12-15,19-20,32H,3-4,9-11H2,1-2H3,(H2,26,34)(H,28,36)(H,29,35)/t14-,15+,19+,20+/m1/s1. The molecule has 4 atom stereocenters. The van der Waals surface area contributed by atoms with Crippen LogP contribution in [0.2, 0.25) is 0 Å². The fraction of sp³-hybridized carbons (Fsp3) is 0.440. The largest absolute Gasteiger partial charge is 0.508 e. The number of ketones is 1. The first-order valence-corrected chi connectivity index (χ1v) is 12.8. The highest BCUT2D eigenvalue weighted by atomic mass is 32.1. The minimum absolute atomic E-state index is 0.0765. The number of phenols is 1. The fourth-order valence-electron chi connectivity index (χ4n) is 4.10. The summed E-state index contributed by atoms with van der Waals surface area (Å²) in [6.45, 7) is 3.75. The lowest BCUT2D eigenvalue weighted by atomic mass is 9.98. The molecule has 5 N–H and O–H groups in total. The lowest BCUT2D eigenvalue weighted by Gasteiger charge is -2.25. The first-order valence-electron chi connectivity index (χ1n) is 12.0. The van der Waals surface area contributed by atoms with Gasteiger partial charge in [-0.05, 0) is 37.5 Å². The number of aromatic nitrogens is 1. The van der Waals surface area contributed by atoms with Gasteiger partial charge in [-0.1, -0.05) is 30.4 Å². The Morgan fingerprint density at radius 3 is 2.54 bits per heavy atom. The molecular weight excluding hydrogens is 498 g/mol. The molecule has 12 heteroatoms. The Morgan fingerprint density at radius 1 is 1.22 bits per heavy atom. The lowest BCUT2D eigenvalue weighted by Crippen LogP contribution is -2.50. The van der Waals surface area contributed by atoms with Crippen LogP contribution in [0.4, 0.5) is 5.13 Å². The number of aromatic hydroxyl groups is 1. The van der Waals surface area contributed by atoms with E-state index < -0.39 is 35.9 Å². The molecule has 2 aromatic rings. The van der Waals surface area contributed by atoms with Gasteiger partial charge in [-0.25, -0.2) is 4.98 Å². The number of primary amides is 1. The Bertz CT molecular complexity index is 1150. The van der Waals surface area contributed by atoms with Gasteiger partial charge in [0.25, 0.3) is 0 Å². The minimum atomic E-state index is -0.981. The van der Waals surface area contributed by atoms with Crippen molar-refractivity contribution < 1.29 is 29.1 Å². The number of nitrogens with one attached hydrogen (secondary N) is 2. The zero-order chi connectivity index (χ0) is 27.1. The highest BCUT2D eigenvalue weighted by molar-refractivity contribution is 7.17. The molecular formula is C25H31N5O6S. The van der Waals surface area contributed by atoms with Gasteiger partial charge in [0.1, 0.15) is 17.8 Å². The van der Waals surface area contributed by atoms with Crippen LogP contribution in [0.3, 0.4) is 0 Å². The molecule has 1 saturated heterocycles. The summed E-state index contributed by atoms with van der Waals surface area (Å²) >= 11 is 1.21. The smallest absolute Gasteiger partial charge is 0.243 e. The Hall–Kier alpha value is -3.80. The average Bonchev–Trinajstić information content (AvgIpc) is 3.54. The molecule has 0 spiro atoms. The first kappa shape index (κ1) is 27.8. The number of hydrogen-bond donors (Lipinski definition) is 4. The van der Waals surface area contributed by atoms with E-state index in [1.54, 1.807) is 26.0 Å². The summed E-state index contributed by atoms with van der Waals surface area (Å²) in [7, 11) is 0. The maximum Gasteiger partial charge on any atom is 0.243 e. The maximum absolute atomic E-state index is 12.9. The van der Waals surface area contributed by atoms with Crippen molar-refractivity contribution in [1.29, 1.82) is 0 Å². The van der Waals surface area contributed by atoms with E-state index in [9.17, 15) is 29.1 Å². The number of hydrogen-bond acceptors (Lipinski definition) is 9. The van der Waals surface area contributed by atoms with Crippen molar-refractivity contribution in [2.75, 3.05) is 11.4 Å². The van der Waals surface area contributed by atoms with E-state index in [-0.39, 0.29) is 30.3 Å². The lowest BCUT2D eigenvalue weighted by molar-refractivity contribution is -0.133. The van der Waals surface area contributed by atoms with E-state index in [1.807, 2.05) is 4.90 Å². The number of anilines is 1. The molecule has 2 heterocycles. The van der Waals surface area contributed by atoms with E-state index in [1.165, 1.54) is 29.7 Å². The molecule has 3 amide bonds. The van der Waals surface area contributed by atoms with Crippen molar-refractivity contribution in [2.45, 2.75) is 57.7 Å². The number of phenolic OH excluding ortho intramolecular Hbond substituents is 1. The fourth-order valence-corrected chi connectivity index (χ4v) is 4.90. The van der Waals surface area contributed by atoms with Crippen LogP contribution in [0.5, 0.6) is 5.75 Å². The number of nitrogens with two attached hydrogens (primary N) is 1. The molecule has 1 aliphatic rings. The maximum atomic E-state index is 12.9. The number of benzene rings is 1. The van der Waals surface area contributed by atoms with Crippen LogP contribution in [0.25, 0.3) is 0 Å². The van der Waals surface area contributed by atoms with E-state index in [4.69, 9.17) is 5.73 Å². The molecule has 1 aliphatic heterocycles. The number of aldehydes is 1. The summed E-state index contributed by atoms with van der Waals surface area (Å²) in [5.41, 5.74) is 6.14. The highest BCUT2D eigenvalue weighted by Crippen LogP contribution is 2.29. The molecule has 1 fully saturated rings. The van der Waals surface area contributed by atoms with Gasteiger partial charge in [0.15, 0.2) is 17.2 Å². The van der Waals surface area contributed by atoms with Crippen LogP contribution in [0, 0.1) is 5.92 Å². The van der Waals surface area contributed by atoms with E-state index in [0.717, 1.165) is 6.42 Å². The molecule has 37 heavy (non-hydrogen) atoms. The van der Waals surface area contributed by atoms with Crippen molar-refractivity contribution in [3.05, 3.63) is 40.9 Å². The van der Waals surface area contributed by atoms with Gasteiger partial charge < -0.3 is 26.4 Å². The molecule has 0 unspecified atom stereocenters. The Balaban J connectivity index is 1.52. The van der Waals surface area contributed by atoms with Crippen LogP contribution in [-0.4, -0.2) is 64.6 Å². The van der Waals surface area contributed by atoms with Gasteiger partial charge in [0, 0.05) is 25.3 Å². The van der Waals surface area contributed by atoms with Gasteiger partial charge in [-0.3, -0.25) is 24.0 Å². The van der Waals surface area contributed by atoms with Gasteiger partial charge in [-0.15, -0.1) is 0 Å². The zero-order valence-corrected chi connectivity index (χ0v) is 21.5. The zero-order valence-electron chi connectivity index (χ0n) is 20.7. The van der Waals surface area contributed by atoms with Crippen LogP contribution in [0.15, 0.2) is 30.5 Å². The summed E-state index contributed by atoms with van der Waals surface area (Å²) in [5.74, 6) is -2.55. The number of nitrogens with zero attached hydrogens (tertiary/aromatic N) is 2. The average molecular weight is 530 g/mol. The van der Waals surface area contributed by atoms with Gasteiger partial charge in [-0.2, -0.15) is 0 Å². The van der Waals surface area contributed by atoms with Crippen LogP contribution in [-0.2, 0) is 25.6 Å². The number of thiazole rings is 1. The second-order valence-corrected chi connectivity index (χ2v) is 10.2. The summed E-state index contributed by atoms with van der Waals surface area (Å²) in [5, 5.41) is 15.3. The third kappa shape index (κ3) is 7.35. The number of carbonyl (C=O) groups is 5. The molecule has 1 aromatic carbocycles. The van der Waals surface area contributed by atoms with Gasteiger partial charge in [0.2, 0.25) is 17.7 Å². The Morgan fingerprint density at radius 2 is 1.92 bits per heavy atom. The Labute approximate surface area is 218 Å². The van der Waals surface area contributed by atoms with E-state index in [0.29, 0.717) is 34.8 Å². The molecule has 198 valence electrons. The van der Waals surface area contributed by atoms with E-state index >= 15 is 0 Å². The number of Topliss-reactive ketones (excluding diaryl/α,β-unsaturated/α-hetero) is 1. The predicted molar refractivity (Wildman–Crippen MR) is 137 cm³/mol. The molecule has 0 radical (unpaired) electrons. The monoisotopic (exact) mass is 529 g/mol. The van der Waals surface area contributed by atoms with Gasteiger partial charge in [0.05, 0.1) is 17.1 Å². The summed E-state index contributed by atoms with van der Waals surface area (Å²) in [6, 6.07) is 3.87. The normalized spacial score (nSPS) is 17.5. The van der Waals surface area contributed by atoms with Crippen LogP contribution < -0.4 is 21.3 Å². The van der Waals surface area contributed by atoms with Crippen molar-refractivity contribution in [3.8, 4) is 5.75 Å². The van der Waals surface area contributed by atoms with Gasteiger partial charge >= 0.3 is 0 Å². The quantitative estimate of drug-likeness (QED) is 0.294. The number of rotatable bonds is 12.